The Morgan fingerprint density at radius 2 is 1.59 bits per heavy atom. The van der Waals surface area contributed by atoms with Gasteiger partial charge in [-0.25, -0.2) is 0 Å². The summed E-state index contributed by atoms with van der Waals surface area (Å²) in [6.07, 6.45) is 3.52. The van der Waals surface area contributed by atoms with Gasteiger partial charge in [0.25, 0.3) is 5.91 Å². The Kier molecular flexibility index (Phi) is 7.86. The molecule has 2 N–H and O–H groups in total. The van der Waals surface area contributed by atoms with Crippen molar-refractivity contribution in [3.8, 4) is 5.75 Å². The van der Waals surface area contributed by atoms with Gasteiger partial charge in [-0.05, 0) is 61.7 Å². The lowest BCUT2D eigenvalue weighted by Crippen LogP contribution is -2.20. The predicted molar refractivity (Wildman–Crippen MR) is 109 cm³/mol. The molecular formula is C22H28N2O3. The molecule has 0 spiro atoms. The number of ether oxygens (including phenoxy) is 1. The van der Waals surface area contributed by atoms with Gasteiger partial charge in [0.1, 0.15) is 5.75 Å². The molecule has 0 bridgehead atoms. The number of carbonyl (C=O) groups excluding carboxylic acids is 2. The highest BCUT2D eigenvalue weighted by Crippen LogP contribution is 2.18. The normalized spacial score (nSPS) is 10.3. The summed E-state index contributed by atoms with van der Waals surface area (Å²) in [5.41, 5.74) is 3.59. The molecule has 2 aromatic rings. The van der Waals surface area contributed by atoms with Crippen LogP contribution in [-0.2, 0) is 9.59 Å². The standard InChI is InChI=1S/C22H28N2O3/c1-4-5-6-10-21(25)23-18-8-7-9-19(14-18)24-22(26)15-27-20-12-11-16(2)17(3)13-20/h7-9,11-14H,4-6,10,15H2,1-3H3,(H,23,25)(H,24,26). The van der Waals surface area contributed by atoms with Crippen LogP contribution in [0.3, 0.4) is 0 Å². The molecule has 0 atom stereocenters. The summed E-state index contributed by atoms with van der Waals surface area (Å²) in [5, 5.41) is 5.65. The summed E-state index contributed by atoms with van der Waals surface area (Å²) in [6.45, 7) is 6.07. The molecule has 2 aromatic carbocycles. The van der Waals surface area contributed by atoms with E-state index in [-0.39, 0.29) is 18.4 Å². The topological polar surface area (TPSA) is 67.4 Å². The van der Waals surface area contributed by atoms with E-state index < -0.39 is 0 Å². The van der Waals surface area contributed by atoms with Gasteiger partial charge < -0.3 is 15.4 Å². The van der Waals surface area contributed by atoms with Gasteiger partial charge in [-0.1, -0.05) is 31.9 Å². The van der Waals surface area contributed by atoms with E-state index in [0.717, 1.165) is 24.8 Å². The first-order valence-corrected chi connectivity index (χ1v) is 9.37. The van der Waals surface area contributed by atoms with Crippen LogP contribution in [0, 0.1) is 13.8 Å². The minimum absolute atomic E-state index is 0.00926. The van der Waals surface area contributed by atoms with Gasteiger partial charge in [-0.3, -0.25) is 9.59 Å². The second-order valence-electron chi connectivity index (χ2n) is 6.67. The molecule has 0 heterocycles. The zero-order chi connectivity index (χ0) is 19.6. The fourth-order valence-corrected chi connectivity index (χ4v) is 2.58. The van der Waals surface area contributed by atoms with Gasteiger partial charge in [0.05, 0.1) is 0 Å². The van der Waals surface area contributed by atoms with E-state index in [1.165, 1.54) is 5.56 Å². The molecule has 0 aliphatic carbocycles. The Hall–Kier alpha value is -2.82. The summed E-state index contributed by atoms with van der Waals surface area (Å²) in [6, 6.07) is 12.9. The summed E-state index contributed by atoms with van der Waals surface area (Å²) in [7, 11) is 0. The van der Waals surface area contributed by atoms with E-state index >= 15 is 0 Å². The second kappa shape index (κ2) is 10.4. The molecule has 144 valence electrons. The number of hydrogen-bond acceptors (Lipinski definition) is 3. The van der Waals surface area contributed by atoms with Crippen molar-refractivity contribution in [1.82, 2.24) is 0 Å². The van der Waals surface area contributed by atoms with Crippen LogP contribution in [0.5, 0.6) is 5.75 Å². The highest BCUT2D eigenvalue weighted by atomic mass is 16.5. The SMILES string of the molecule is CCCCCC(=O)Nc1cccc(NC(=O)COc2ccc(C)c(C)c2)c1. The van der Waals surface area contributed by atoms with E-state index in [0.29, 0.717) is 23.5 Å². The van der Waals surface area contributed by atoms with Crippen molar-refractivity contribution in [2.24, 2.45) is 0 Å². The summed E-state index contributed by atoms with van der Waals surface area (Å²) in [4.78, 5) is 24.0. The van der Waals surface area contributed by atoms with Crippen molar-refractivity contribution in [3.05, 3.63) is 53.6 Å². The zero-order valence-corrected chi connectivity index (χ0v) is 16.3. The average Bonchev–Trinajstić information content (AvgIpc) is 2.63. The average molecular weight is 368 g/mol. The molecule has 27 heavy (non-hydrogen) atoms. The molecule has 0 aromatic heterocycles. The van der Waals surface area contributed by atoms with Gasteiger partial charge in [-0.15, -0.1) is 0 Å². The molecule has 0 fully saturated rings. The summed E-state index contributed by atoms with van der Waals surface area (Å²) >= 11 is 0. The van der Waals surface area contributed by atoms with Crippen LogP contribution in [0.4, 0.5) is 11.4 Å². The number of nitrogens with one attached hydrogen (secondary N) is 2. The van der Waals surface area contributed by atoms with Crippen molar-refractivity contribution < 1.29 is 14.3 Å². The van der Waals surface area contributed by atoms with Crippen LogP contribution in [-0.4, -0.2) is 18.4 Å². The van der Waals surface area contributed by atoms with E-state index in [1.54, 1.807) is 24.3 Å². The minimum atomic E-state index is -0.250. The van der Waals surface area contributed by atoms with E-state index in [4.69, 9.17) is 4.74 Å². The molecule has 0 saturated carbocycles. The molecule has 0 saturated heterocycles. The third kappa shape index (κ3) is 7.13. The Labute approximate surface area is 161 Å². The van der Waals surface area contributed by atoms with Gasteiger partial charge >= 0.3 is 0 Å². The highest BCUT2D eigenvalue weighted by molar-refractivity contribution is 5.94. The maximum absolute atomic E-state index is 12.1. The second-order valence-corrected chi connectivity index (χ2v) is 6.67. The lowest BCUT2D eigenvalue weighted by Gasteiger charge is -2.10. The van der Waals surface area contributed by atoms with Gasteiger partial charge in [0.2, 0.25) is 5.91 Å². The molecule has 0 radical (unpaired) electrons. The number of rotatable bonds is 9. The highest BCUT2D eigenvalue weighted by Gasteiger charge is 2.07. The monoisotopic (exact) mass is 368 g/mol. The summed E-state index contributed by atoms with van der Waals surface area (Å²) < 4.78 is 5.54. The number of unbranched alkanes of at least 4 members (excludes halogenated alkanes) is 2. The van der Waals surface area contributed by atoms with Crippen molar-refractivity contribution in [2.45, 2.75) is 46.5 Å². The van der Waals surface area contributed by atoms with Gasteiger partial charge in [-0.2, -0.15) is 0 Å². The molecule has 2 amide bonds. The maximum Gasteiger partial charge on any atom is 0.262 e. The van der Waals surface area contributed by atoms with Crippen LogP contribution in [0.2, 0.25) is 0 Å². The molecule has 5 heteroatoms. The molecule has 0 aliphatic heterocycles. The lowest BCUT2D eigenvalue weighted by molar-refractivity contribution is -0.118. The number of hydrogen-bond donors (Lipinski definition) is 2. The fourth-order valence-electron chi connectivity index (χ4n) is 2.58. The molecule has 2 rings (SSSR count). The quantitative estimate of drug-likeness (QED) is 0.622. The first kappa shape index (κ1) is 20.5. The Morgan fingerprint density at radius 3 is 2.26 bits per heavy atom. The lowest BCUT2D eigenvalue weighted by atomic mass is 10.1. The number of carbonyl (C=O) groups is 2. The smallest absolute Gasteiger partial charge is 0.262 e. The predicted octanol–water partition coefficient (Wildman–Crippen LogP) is 4.84. The van der Waals surface area contributed by atoms with E-state index in [2.05, 4.69) is 17.6 Å². The summed E-state index contributed by atoms with van der Waals surface area (Å²) in [5.74, 6) is 0.408. The van der Waals surface area contributed by atoms with Crippen LogP contribution < -0.4 is 15.4 Å². The van der Waals surface area contributed by atoms with E-state index in [9.17, 15) is 9.59 Å². The third-order valence-electron chi connectivity index (χ3n) is 4.29. The van der Waals surface area contributed by atoms with Crippen LogP contribution >= 0.6 is 0 Å². The largest absolute Gasteiger partial charge is 0.484 e. The van der Waals surface area contributed by atoms with Crippen LogP contribution in [0.25, 0.3) is 0 Å². The Balaban J connectivity index is 1.84. The number of benzene rings is 2. The van der Waals surface area contributed by atoms with Gasteiger partial charge in [0.15, 0.2) is 6.61 Å². The van der Waals surface area contributed by atoms with Crippen molar-refractivity contribution in [3.63, 3.8) is 0 Å². The fraction of sp³-hybridized carbons (Fsp3) is 0.364. The molecular weight excluding hydrogens is 340 g/mol. The van der Waals surface area contributed by atoms with Gasteiger partial charge in [0, 0.05) is 17.8 Å². The van der Waals surface area contributed by atoms with Crippen molar-refractivity contribution >= 4 is 23.2 Å². The first-order chi connectivity index (χ1) is 13.0. The van der Waals surface area contributed by atoms with Crippen molar-refractivity contribution in [2.75, 3.05) is 17.2 Å². The Bertz CT molecular complexity index is 787. The van der Waals surface area contributed by atoms with Crippen molar-refractivity contribution in [1.29, 1.82) is 0 Å². The van der Waals surface area contributed by atoms with Crippen LogP contribution in [0.1, 0.15) is 43.7 Å². The number of aryl methyl sites for hydroxylation is 2. The zero-order valence-electron chi connectivity index (χ0n) is 16.3. The Morgan fingerprint density at radius 1 is 0.889 bits per heavy atom. The first-order valence-electron chi connectivity index (χ1n) is 9.37. The third-order valence-corrected chi connectivity index (χ3v) is 4.29. The molecule has 5 nitrogen and oxygen atoms in total. The number of anilines is 2. The van der Waals surface area contributed by atoms with E-state index in [1.807, 2.05) is 32.0 Å². The minimum Gasteiger partial charge on any atom is -0.484 e. The molecule has 0 aliphatic rings. The maximum atomic E-state index is 12.1. The number of amides is 2. The molecule has 0 unspecified atom stereocenters. The van der Waals surface area contributed by atoms with Crippen LogP contribution in [0.15, 0.2) is 42.5 Å².